The number of ether oxygens (including phenoxy) is 2. The molecule has 0 saturated carbocycles. The molecular formula is C20H20N2O3S. The van der Waals surface area contributed by atoms with Crippen molar-refractivity contribution in [3.63, 3.8) is 0 Å². The lowest BCUT2D eigenvalue weighted by molar-refractivity contribution is 0.0726. The average molecular weight is 368 g/mol. The highest BCUT2D eigenvalue weighted by Crippen LogP contribution is 2.24. The van der Waals surface area contributed by atoms with Gasteiger partial charge in [-0.05, 0) is 29.6 Å². The van der Waals surface area contributed by atoms with Crippen LogP contribution >= 0.6 is 11.3 Å². The molecule has 2 heterocycles. The molecule has 6 heteroatoms. The number of aromatic nitrogens is 1. The molecule has 134 valence electrons. The van der Waals surface area contributed by atoms with Crippen LogP contribution in [-0.4, -0.2) is 30.0 Å². The second kappa shape index (κ2) is 8.49. The molecule has 26 heavy (non-hydrogen) atoms. The number of methoxy groups -OCH3 is 2. The van der Waals surface area contributed by atoms with Gasteiger partial charge >= 0.3 is 0 Å². The van der Waals surface area contributed by atoms with Crippen LogP contribution in [0.4, 0.5) is 0 Å². The van der Waals surface area contributed by atoms with Gasteiger partial charge in [0.2, 0.25) is 5.88 Å². The van der Waals surface area contributed by atoms with Gasteiger partial charge in [-0.25, -0.2) is 4.98 Å². The predicted octanol–water partition coefficient (Wildman–Crippen LogP) is 4.00. The largest absolute Gasteiger partial charge is 0.496 e. The highest BCUT2D eigenvalue weighted by molar-refractivity contribution is 7.09. The molecule has 1 amide bonds. The third kappa shape index (κ3) is 4.03. The number of hydrogen-bond acceptors (Lipinski definition) is 5. The van der Waals surface area contributed by atoms with Crippen LogP contribution in [0.5, 0.6) is 11.6 Å². The third-order valence-corrected chi connectivity index (χ3v) is 4.82. The molecule has 5 nitrogen and oxygen atoms in total. The lowest BCUT2D eigenvalue weighted by atomic mass is 10.1. The fraction of sp³-hybridized carbons (Fsp3) is 0.200. The third-order valence-electron chi connectivity index (χ3n) is 3.96. The monoisotopic (exact) mass is 368 g/mol. The van der Waals surface area contributed by atoms with E-state index in [-0.39, 0.29) is 5.91 Å². The quantitative estimate of drug-likeness (QED) is 0.632. The number of benzene rings is 1. The lowest BCUT2D eigenvalue weighted by Crippen LogP contribution is -2.30. The van der Waals surface area contributed by atoms with Gasteiger partial charge in [-0.15, -0.1) is 11.3 Å². The van der Waals surface area contributed by atoms with E-state index >= 15 is 0 Å². The Bertz CT molecular complexity index is 865. The van der Waals surface area contributed by atoms with Crippen molar-refractivity contribution in [2.75, 3.05) is 14.2 Å². The molecular weight excluding hydrogens is 348 g/mol. The SMILES string of the molecule is COc1ccccc1CN(Cc1cccs1)C(=O)c1cccnc1OC. The van der Waals surface area contributed by atoms with Crippen LogP contribution in [0.25, 0.3) is 0 Å². The fourth-order valence-electron chi connectivity index (χ4n) is 2.72. The smallest absolute Gasteiger partial charge is 0.259 e. The molecule has 0 saturated heterocycles. The van der Waals surface area contributed by atoms with Crippen LogP contribution in [0.2, 0.25) is 0 Å². The summed E-state index contributed by atoms with van der Waals surface area (Å²) in [5, 5.41) is 2.01. The Morgan fingerprint density at radius 2 is 1.88 bits per heavy atom. The molecule has 0 atom stereocenters. The molecule has 0 radical (unpaired) electrons. The van der Waals surface area contributed by atoms with E-state index in [1.807, 2.05) is 41.8 Å². The van der Waals surface area contributed by atoms with Gasteiger partial charge in [0, 0.05) is 16.6 Å². The van der Waals surface area contributed by atoms with E-state index in [0.29, 0.717) is 24.5 Å². The summed E-state index contributed by atoms with van der Waals surface area (Å²) in [7, 11) is 3.15. The standard InChI is InChI=1S/C20H20N2O3S/c1-24-18-10-4-3-7-15(18)13-22(14-16-8-6-12-26-16)20(23)17-9-5-11-21-19(17)25-2/h3-12H,13-14H2,1-2H3. The highest BCUT2D eigenvalue weighted by Gasteiger charge is 2.22. The first kappa shape index (κ1) is 17.9. The first-order valence-corrected chi connectivity index (χ1v) is 9.03. The summed E-state index contributed by atoms with van der Waals surface area (Å²) in [6.07, 6.45) is 1.61. The highest BCUT2D eigenvalue weighted by atomic mass is 32.1. The Morgan fingerprint density at radius 1 is 1.04 bits per heavy atom. The molecule has 0 spiro atoms. The number of carbonyl (C=O) groups excluding carboxylic acids is 1. The molecule has 3 aromatic rings. The Morgan fingerprint density at radius 3 is 2.62 bits per heavy atom. The van der Waals surface area contributed by atoms with Crippen molar-refractivity contribution in [2.45, 2.75) is 13.1 Å². The Hall–Kier alpha value is -2.86. The summed E-state index contributed by atoms with van der Waals surface area (Å²) in [5.41, 5.74) is 1.39. The number of carbonyl (C=O) groups is 1. The summed E-state index contributed by atoms with van der Waals surface area (Å²) in [6, 6.07) is 15.2. The van der Waals surface area contributed by atoms with E-state index < -0.39 is 0 Å². The van der Waals surface area contributed by atoms with Gasteiger partial charge in [0.15, 0.2) is 0 Å². The summed E-state index contributed by atoms with van der Waals surface area (Å²) >= 11 is 1.62. The van der Waals surface area contributed by atoms with Gasteiger partial charge in [0.1, 0.15) is 11.3 Å². The van der Waals surface area contributed by atoms with Crippen LogP contribution < -0.4 is 9.47 Å². The number of nitrogens with zero attached hydrogens (tertiary/aromatic N) is 2. The molecule has 0 aliphatic carbocycles. The summed E-state index contributed by atoms with van der Waals surface area (Å²) in [6.45, 7) is 0.936. The van der Waals surface area contributed by atoms with Crippen LogP contribution in [0.3, 0.4) is 0 Å². The van der Waals surface area contributed by atoms with Gasteiger partial charge in [0.05, 0.1) is 27.3 Å². The zero-order chi connectivity index (χ0) is 18.4. The summed E-state index contributed by atoms with van der Waals surface area (Å²) in [4.78, 5) is 20.3. The Labute approximate surface area is 156 Å². The van der Waals surface area contributed by atoms with E-state index in [1.165, 1.54) is 7.11 Å². The van der Waals surface area contributed by atoms with Crippen LogP contribution in [0.1, 0.15) is 20.8 Å². The number of rotatable bonds is 7. The molecule has 2 aromatic heterocycles. The van der Waals surface area contributed by atoms with Crippen molar-refractivity contribution in [1.82, 2.24) is 9.88 Å². The maximum Gasteiger partial charge on any atom is 0.259 e. The van der Waals surface area contributed by atoms with Crippen LogP contribution in [0.15, 0.2) is 60.1 Å². The van der Waals surface area contributed by atoms with Crippen LogP contribution in [0, 0.1) is 0 Å². The van der Waals surface area contributed by atoms with Gasteiger partial charge < -0.3 is 14.4 Å². The minimum absolute atomic E-state index is 0.130. The van der Waals surface area contributed by atoms with Crippen molar-refractivity contribution in [1.29, 1.82) is 0 Å². The number of amides is 1. The summed E-state index contributed by atoms with van der Waals surface area (Å²) < 4.78 is 10.7. The molecule has 0 N–H and O–H groups in total. The lowest BCUT2D eigenvalue weighted by Gasteiger charge is -2.24. The first-order chi connectivity index (χ1) is 12.7. The van der Waals surface area contributed by atoms with Crippen molar-refractivity contribution in [3.05, 3.63) is 76.1 Å². The number of para-hydroxylation sites is 1. The molecule has 0 unspecified atom stereocenters. The Balaban J connectivity index is 1.93. The molecule has 0 aliphatic heterocycles. The topological polar surface area (TPSA) is 51.7 Å². The van der Waals surface area contributed by atoms with Crippen molar-refractivity contribution in [2.24, 2.45) is 0 Å². The van der Waals surface area contributed by atoms with Crippen molar-refractivity contribution >= 4 is 17.2 Å². The second-order valence-electron chi connectivity index (χ2n) is 5.61. The first-order valence-electron chi connectivity index (χ1n) is 8.15. The van der Waals surface area contributed by atoms with Gasteiger partial charge in [-0.3, -0.25) is 4.79 Å². The van der Waals surface area contributed by atoms with E-state index in [1.54, 1.807) is 41.7 Å². The number of hydrogen-bond donors (Lipinski definition) is 0. The minimum Gasteiger partial charge on any atom is -0.496 e. The zero-order valence-electron chi connectivity index (χ0n) is 14.7. The zero-order valence-corrected chi connectivity index (χ0v) is 15.5. The van der Waals surface area contributed by atoms with E-state index in [9.17, 15) is 4.79 Å². The summed E-state index contributed by atoms with van der Waals surface area (Å²) in [5.74, 6) is 0.956. The van der Waals surface area contributed by atoms with Gasteiger partial charge in [0.25, 0.3) is 5.91 Å². The normalized spacial score (nSPS) is 10.4. The molecule has 0 aliphatic rings. The fourth-order valence-corrected chi connectivity index (χ4v) is 3.44. The molecule has 3 rings (SSSR count). The Kier molecular flexibility index (Phi) is 5.86. The van der Waals surface area contributed by atoms with Crippen LogP contribution in [-0.2, 0) is 13.1 Å². The molecule has 0 fully saturated rings. The van der Waals surface area contributed by atoms with E-state index in [4.69, 9.17) is 9.47 Å². The minimum atomic E-state index is -0.130. The maximum absolute atomic E-state index is 13.2. The maximum atomic E-state index is 13.2. The van der Waals surface area contributed by atoms with Gasteiger partial charge in [-0.1, -0.05) is 24.3 Å². The van der Waals surface area contributed by atoms with Gasteiger partial charge in [-0.2, -0.15) is 0 Å². The second-order valence-corrected chi connectivity index (χ2v) is 6.64. The van der Waals surface area contributed by atoms with E-state index in [0.717, 1.165) is 16.2 Å². The predicted molar refractivity (Wildman–Crippen MR) is 102 cm³/mol. The number of pyridine rings is 1. The van der Waals surface area contributed by atoms with Crippen molar-refractivity contribution in [3.8, 4) is 11.6 Å². The van der Waals surface area contributed by atoms with E-state index in [2.05, 4.69) is 4.98 Å². The number of thiophene rings is 1. The van der Waals surface area contributed by atoms with Crippen molar-refractivity contribution < 1.29 is 14.3 Å². The molecule has 1 aromatic carbocycles. The molecule has 0 bridgehead atoms. The average Bonchev–Trinajstić information content (AvgIpc) is 3.20.